The summed E-state index contributed by atoms with van der Waals surface area (Å²) >= 11 is 14.5. The molecule has 1 aromatic carbocycles. The zero-order valence-corrected chi connectivity index (χ0v) is 14.5. The van der Waals surface area contributed by atoms with Crippen molar-refractivity contribution in [1.82, 2.24) is 0 Å². The van der Waals surface area contributed by atoms with E-state index in [1.807, 2.05) is 6.07 Å². The quantitative estimate of drug-likeness (QED) is 0.267. The molecule has 0 radical (unpaired) electrons. The third-order valence-electron chi connectivity index (χ3n) is 2.75. The van der Waals surface area contributed by atoms with Crippen LogP contribution in [0.5, 0.6) is 0 Å². The Kier molecular flexibility index (Phi) is 6.14. The highest BCUT2D eigenvalue weighted by Crippen LogP contribution is 2.33. The molecular formula is C14H11Cl2NO3S2. The van der Waals surface area contributed by atoms with E-state index < -0.39 is 5.97 Å². The van der Waals surface area contributed by atoms with Crippen LogP contribution in [0.1, 0.15) is 15.9 Å². The van der Waals surface area contributed by atoms with E-state index in [2.05, 4.69) is 5.16 Å². The van der Waals surface area contributed by atoms with Crippen LogP contribution < -0.4 is 0 Å². The summed E-state index contributed by atoms with van der Waals surface area (Å²) in [4.78, 5) is 12.5. The molecule has 0 bridgehead atoms. The van der Waals surface area contributed by atoms with E-state index in [1.54, 1.807) is 24.3 Å². The molecule has 116 valence electrons. The van der Waals surface area contributed by atoms with Gasteiger partial charge < -0.3 is 9.94 Å². The molecular weight excluding hydrogens is 365 g/mol. The molecule has 0 fully saturated rings. The first-order valence-electron chi connectivity index (χ1n) is 6.03. The second-order valence-corrected chi connectivity index (χ2v) is 7.36. The monoisotopic (exact) mass is 375 g/mol. The Balaban J connectivity index is 2.19. The average Bonchev–Trinajstić information content (AvgIpc) is 2.86. The standard InChI is InChI=1S/C14H11Cl2NO3S2/c1-20-14(18)8-4-2-3-5-11(8)21-7-10(17-19)9-6-12(15)22-13(9)16/h2-6,19H,7H2,1H3/b17-10-. The van der Waals surface area contributed by atoms with Crippen LogP contribution in [-0.2, 0) is 4.74 Å². The van der Waals surface area contributed by atoms with Gasteiger partial charge in [0, 0.05) is 16.2 Å². The maximum atomic E-state index is 11.7. The minimum atomic E-state index is -0.415. The molecule has 0 spiro atoms. The van der Waals surface area contributed by atoms with E-state index in [0.29, 0.717) is 31.3 Å². The lowest BCUT2D eigenvalue weighted by atomic mass is 10.2. The molecule has 0 aliphatic heterocycles. The van der Waals surface area contributed by atoms with Crippen molar-refractivity contribution in [2.45, 2.75) is 4.90 Å². The predicted molar refractivity (Wildman–Crippen MR) is 91.2 cm³/mol. The van der Waals surface area contributed by atoms with Gasteiger partial charge in [0.1, 0.15) is 4.34 Å². The fourth-order valence-electron chi connectivity index (χ4n) is 1.71. The van der Waals surface area contributed by atoms with Crippen molar-refractivity contribution in [3.63, 3.8) is 0 Å². The van der Waals surface area contributed by atoms with E-state index >= 15 is 0 Å². The van der Waals surface area contributed by atoms with Gasteiger partial charge >= 0.3 is 5.97 Å². The van der Waals surface area contributed by atoms with Crippen LogP contribution in [-0.4, -0.2) is 29.8 Å². The predicted octanol–water partition coefficient (Wildman–Crippen LogP) is 4.81. The molecule has 0 aliphatic rings. The lowest BCUT2D eigenvalue weighted by Gasteiger charge is -2.08. The normalized spacial score (nSPS) is 11.5. The molecule has 2 aromatic rings. The smallest absolute Gasteiger partial charge is 0.338 e. The van der Waals surface area contributed by atoms with Crippen LogP contribution in [0.2, 0.25) is 8.67 Å². The number of hydrogen-bond acceptors (Lipinski definition) is 6. The summed E-state index contributed by atoms with van der Waals surface area (Å²) < 4.78 is 5.72. The number of carbonyl (C=O) groups excluding carboxylic acids is 1. The fraction of sp³-hybridized carbons (Fsp3) is 0.143. The molecule has 8 heteroatoms. The lowest BCUT2D eigenvalue weighted by molar-refractivity contribution is 0.0597. The highest BCUT2D eigenvalue weighted by Gasteiger charge is 2.16. The molecule has 22 heavy (non-hydrogen) atoms. The van der Waals surface area contributed by atoms with E-state index in [0.717, 1.165) is 4.90 Å². The Morgan fingerprint density at radius 2 is 2.09 bits per heavy atom. The van der Waals surface area contributed by atoms with Crippen molar-refractivity contribution in [2.75, 3.05) is 12.9 Å². The van der Waals surface area contributed by atoms with Gasteiger partial charge in [-0.1, -0.05) is 40.5 Å². The Labute approximate surface area is 145 Å². The summed E-state index contributed by atoms with van der Waals surface area (Å²) in [5.41, 5.74) is 1.43. The SMILES string of the molecule is COC(=O)c1ccccc1SC/C(=N/O)c1cc(Cl)sc1Cl. The Bertz CT molecular complexity index is 716. The first-order chi connectivity index (χ1) is 10.6. The summed E-state index contributed by atoms with van der Waals surface area (Å²) in [6.45, 7) is 0. The summed E-state index contributed by atoms with van der Waals surface area (Å²) in [5.74, 6) is -0.0840. The first-order valence-corrected chi connectivity index (χ1v) is 8.59. The Morgan fingerprint density at radius 1 is 1.36 bits per heavy atom. The Morgan fingerprint density at radius 3 is 2.68 bits per heavy atom. The second kappa shape index (κ2) is 7.87. The minimum absolute atomic E-state index is 0.331. The van der Waals surface area contributed by atoms with Crippen LogP contribution in [0.25, 0.3) is 0 Å². The molecule has 0 unspecified atom stereocenters. The van der Waals surface area contributed by atoms with E-state index in [4.69, 9.17) is 27.9 Å². The summed E-state index contributed by atoms with van der Waals surface area (Å²) in [6, 6.07) is 8.70. The molecule has 0 saturated carbocycles. The number of methoxy groups -OCH3 is 1. The molecule has 1 aromatic heterocycles. The number of carbonyl (C=O) groups is 1. The fourth-order valence-corrected chi connectivity index (χ4v) is 4.21. The van der Waals surface area contributed by atoms with Crippen molar-refractivity contribution in [1.29, 1.82) is 0 Å². The van der Waals surface area contributed by atoms with Gasteiger partial charge in [-0.15, -0.1) is 23.1 Å². The van der Waals surface area contributed by atoms with Gasteiger partial charge in [-0.05, 0) is 18.2 Å². The average molecular weight is 376 g/mol. The number of thiophene rings is 1. The molecule has 1 N–H and O–H groups in total. The second-order valence-electron chi connectivity index (χ2n) is 4.06. The summed E-state index contributed by atoms with van der Waals surface area (Å²) in [6.07, 6.45) is 0. The highest BCUT2D eigenvalue weighted by atomic mass is 35.5. The molecule has 2 rings (SSSR count). The van der Waals surface area contributed by atoms with Crippen molar-refractivity contribution in [2.24, 2.45) is 5.16 Å². The number of rotatable bonds is 5. The van der Waals surface area contributed by atoms with E-state index in [9.17, 15) is 10.0 Å². The zero-order valence-electron chi connectivity index (χ0n) is 11.4. The van der Waals surface area contributed by atoms with E-state index in [1.165, 1.54) is 30.2 Å². The first kappa shape index (κ1) is 17.1. The largest absolute Gasteiger partial charge is 0.465 e. The number of benzene rings is 1. The lowest BCUT2D eigenvalue weighted by Crippen LogP contribution is -2.06. The molecule has 4 nitrogen and oxygen atoms in total. The topological polar surface area (TPSA) is 58.9 Å². The van der Waals surface area contributed by atoms with Gasteiger partial charge in [-0.25, -0.2) is 4.79 Å². The molecule has 0 aliphatic carbocycles. The van der Waals surface area contributed by atoms with Gasteiger partial charge in [0.25, 0.3) is 0 Å². The van der Waals surface area contributed by atoms with Crippen LogP contribution in [0, 0.1) is 0 Å². The number of ether oxygens (including phenoxy) is 1. The molecule has 1 heterocycles. The summed E-state index contributed by atoms with van der Waals surface area (Å²) in [7, 11) is 1.33. The van der Waals surface area contributed by atoms with Crippen LogP contribution in [0.4, 0.5) is 0 Å². The maximum absolute atomic E-state index is 11.7. The third kappa shape index (κ3) is 3.95. The van der Waals surface area contributed by atoms with E-state index in [-0.39, 0.29) is 0 Å². The van der Waals surface area contributed by atoms with Crippen LogP contribution in [0.15, 0.2) is 40.4 Å². The molecule has 0 atom stereocenters. The Hall–Kier alpha value is -1.21. The van der Waals surface area contributed by atoms with Gasteiger partial charge in [0.2, 0.25) is 0 Å². The van der Waals surface area contributed by atoms with Crippen LogP contribution >= 0.6 is 46.3 Å². The van der Waals surface area contributed by atoms with Crippen molar-refractivity contribution < 1.29 is 14.7 Å². The number of halogens is 2. The van der Waals surface area contributed by atoms with Crippen molar-refractivity contribution in [3.05, 3.63) is 50.1 Å². The van der Waals surface area contributed by atoms with Crippen LogP contribution in [0.3, 0.4) is 0 Å². The number of oxime groups is 1. The van der Waals surface area contributed by atoms with Gasteiger partial charge in [0.15, 0.2) is 0 Å². The number of thioether (sulfide) groups is 1. The van der Waals surface area contributed by atoms with Gasteiger partial charge in [-0.3, -0.25) is 0 Å². The third-order valence-corrected chi connectivity index (χ3v) is 5.32. The zero-order chi connectivity index (χ0) is 16.1. The molecule has 0 amide bonds. The number of esters is 1. The number of hydrogen-bond donors (Lipinski definition) is 1. The highest BCUT2D eigenvalue weighted by molar-refractivity contribution is 8.00. The summed E-state index contributed by atoms with van der Waals surface area (Å²) in [5, 5.41) is 12.5. The van der Waals surface area contributed by atoms with Gasteiger partial charge in [-0.2, -0.15) is 0 Å². The van der Waals surface area contributed by atoms with Crippen molar-refractivity contribution in [3.8, 4) is 0 Å². The molecule has 0 saturated heterocycles. The maximum Gasteiger partial charge on any atom is 0.338 e. The number of nitrogens with zero attached hydrogens (tertiary/aromatic N) is 1. The minimum Gasteiger partial charge on any atom is -0.465 e. The van der Waals surface area contributed by atoms with Gasteiger partial charge in [0.05, 0.1) is 22.7 Å². The van der Waals surface area contributed by atoms with Crippen molar-refractivity contribution >= 4 is 58.0 Å².